The fraction of sp³-hybridized carbons (Fsp3) is 0.471. The van der Waals surface area contributed by atoms with Crippen molar-refractivity contribution in [1.82, 2.24) is 10.3 Å². The Morgan fingerprint density at radius 1 is 1.19 bits per heavy atom. The predicted octanol–water partition coefficient (Wildman–Crippen LogP) is 3.68. The first kappa shape index (κ1) is 14.1. The number of nitrogens with one attached hydrogen (secondary N) is 1. The summed E-state index contributed by atoms with van der Waals surface area (Å²) < 4.78 is 11.3. The lowest BCUT2D eigenvalue weighted by Gasteiger charge is -2.22. The Kier molecular flexibility index (Phi) is 4.90. The summed E-state index contributed by atoms with van der Waals surface area (Å²) >= 11 is 0. The molecular formula is C17H22N2O2. The number of pyridine rings is 1. The molecule has 2 aromatic rings. The van der Waals surface area contributed by atoms with E-state index in [1.165, 1.54) is 24.8 Å². The minimum Gasteiger partial charge on any atom is -0.474 e. The molecule has 2 aromatic heterocycles. The van der Waals surface area contributed by atoms with Gasteiger partial charge in [-0.2, -0.15) is 0 Å². The van der Waals surface area contributed by atoms with Crippen molar-refractivity contribution in [2.75, 3.05) is 0 Å². The van der Waals surface area contributed by atoms with Crippen molar-refractivity contribution in [1.29, 1.82) is 0 Å². The van der Waals surface area contributed by atoms with E-state index in [9.17, 15) is 0 Å². The van der Waals surface area contributed by atoms with Crippen LogP contribution < -0.4 is 10.1 Å². The highest BCUT2D eigenvalue weighted by Gasteiger charge is 2.15. The van der Waals surface area contributed by atoms with Crippen LogP contribution in [0.1, 0.15) is 43.4 Å². The van der Waals surface area contributed by atoms with Crippen LogP contribution in [0.4, 0.5) is 0 Å². The summed E-state index contributed by atoms with van der Waals surface area (Å²) in [5.41, 5.74) is 1.18. The van der Waals surface area contributed by atoms with Gasteiger partial charge in [-0.3, -0.25) is 0 Å². The molecule has 0 aliphatic heterocycles. The highest BCUT2D eigenvalue weighted by atomic mass is 16.5. The van der Waals surface area contributed by atoms with E-state index < -0.39 is 0 Å². The van der Waals surface area contributed by atoms with Gasteiger partial charge in [-0.25, -0.2) is 4.98 Å². The zero-order valence-electron chi connectivity index (χ0n) is 12.3. The van der Waals surface area contributed by atoms with Crippen LogP contribution in [0.15, 0.2) is 41.1 Å². The van der Waals surface area contributed by atoms with Gasteiger partial charge in [0.05, 0.1) is 12.8 Å². The molecule has 21 heavy (non-hydrogen) atoms. The molecule has 1 aliphatic carbocycles. The lowest BCUT2D eigenvalue weighted by atomic mass is 9.98. The van der Waals surface area contributed by atoms with Crippen LogP contribution >= 0.6 is 0 Å². The fourth-order valence-electron chi connectivity index (χ4n) is 2.72. The molecule has 1 fully saturated rings. The Morgan fingerprint density at radius 2 is 2.10 bits per heavy atom. The Bertz CT molecular complexity index is 533. The van der Waals surface area contributed by atoms with E-state index in [4.69, 9.17) is 9.15 Å². The molecule has 0 saturated heterocycles. The zero-order valence-corrected chi connectivity index (χ0v) is 12.3. The monoisotopic (exact) mass is 286 g/mol. The van der Waals surface area contributed by atoms with E-state index in [1.54, 1.807) is 6.26 Å². The fourth-order valence-corrected chi connectivity index (χ4v) is 2.72. The molecule has 0 bridgehead atoms. The average Bonchev–Trinajstić information content (AvgIpc) is 3.02. The van der Waals surface area contributed by atoms with Gasteiger partial charge in [-0.15, -0.1) is 0 Å². The average molecular weight is 286 g/mol. The zero-order chi connectivity index (χ0) is 14.3. The number of nitrogens with zero attached hydrogens (tertiary/aromatic N) is 1. The SMILES string of the molecule is c1coc(CNCc2ccnc(OC3CCCCC3)c2)c1. The molecule has 0 aromatic carbocycles. The number of rotatable bonds is 6. The quantitative estimate of drug-likeness (QED) is 0.880. The van der Waals surface area contributed by atoms with Crippen molar-refractivity contribution in [3.05, 3.63) is 48.0 Å². The Morgan fingerprint density at radius 3 is 2.90 bits per heavy atom. The van der Waals surface area contributed by atoms with Crippen molar-refractivity contribution >= 4 is 0 Å². The molecular weight excluding hydrogens is 264 g/mol. The minimum atomic E-state index is 0.345. The van der Waals surface area contributed by atoms with Crippen LogP contribution in [0.2, 0.25) is 0 Å². The number of aromatic nitrogens is 1. The summed E-state index contributed by atoms with van der Waals surface area (Å²) in [6.45, 7) is 1.51. The van der Waals surface area contributed by atoms with Crippen molar-refractivity contribution in [2.45, 2.75) is 51.3 Å². The molecule has 1 saturated carbocycles. The Balaban J connectivity index is 1.50. The molecule has 4 nitrogen and oxygen atoms in total. The summed E-state index contributed by atoms with van der Waals surface area (Å²) in [6, 6.07) is 7.92. The summed E-state index contributed by atoms with van der Waals surface area (Å²) in [5, 5.41) is 3.36. The van der Waals surface area contributed by atoms with Crippen molar-refractivity contribution in [2.24, 2.45) is 0 Å². The second-order valence-electron chi connectivity index (χ2n) is 5.56. The molecule has 1 N–H and O–H groups in total. The summed E-state index contributed by atoms with van der Waals surface area (Å²) in [7, 11) is 0. The number of ether oxygens (including phenoxy) is 1. The van der Waals surface area contributed by atoms with Gasteiger partial charge in [0.1, 0.15) is 11.9 Å². The number of furan rings is 1. The van der Waals surface area contributed by atoms with Crippen molar-refractivity contribution in [3.63, 3.8) is 0 Å². The third-order valence-corrected chi connectivity index (χ3v) is 3.85. The van der Waals surface area contributed by atoms with Crippen LogP contribution in [-0.2, 0) is 13.1 Å². The van der Waals surface area contributed by atoms with Crippen LogP contribution in [-0.4, -0.2) is 11.1 Å². The van der Waals surface area contributed by atoms with Gasteiger partial charge in [0.25, 0.3) is 0 Å². The first-order valence-corrected chi connectivity index (χ1v) is 7.75. The maximum absolute atomic E-state index is 5.99. The van der Waals surface area contributed by atoms with E-state index in [0.29, 0.717) is 6.10 Å². The molecule has 0 unspecified atom stereocenters. The third kappa shape index (κ3) is 4.33. The smallest absolute Gasteiger partial charge is 0.213 e. The molecule has 1 aliphatic rings. The van der Waals surface area contributed by atoms with Crippen LogP contribution in [0.25, 0.3) is 0 Å². The van der Waals surface area contributed by atoms with E-state index in [2.05, 4.69) is 10.3 Å². The second kappa shape index (κ2) is 7.27. The van der Waals surface area contributed by atoms with E-state index in [1.807, 2.05) is 30.5 Å². The van der Waals surface area contributed by atoms with Gasteiger partial charge in [0, 0.05) is 18.8 Å². The summed E-state index contributed by atoms with van der Waals surface area (Å²) in [4.78, 5) is 4.32. The Hall–Kier alpha value is -1.81. The second-order valence-corrected chi connectivity index (χ2v) is 5.56. The first-order valence-electron chi connectivity index (χ1n) is 7.75. The van der Waals surface area contributed by atoms with Crippen molar-refractivity contribution < 1.29 is 9.15 Å². The summed E-state index contributed by atoms with van der Waals surface area (Å²) in [6.07, 6.45) is 10.1. The van der Waals surface area contributed by atoms with Gasteiger partial charge in [-0.05, 0) is 49.4 Å². The Labute approximate surface area is 125 Å². The van der Waals surface area contributed by atoms with E-state index in [0.717, 1.165) is 37.6 Å². The van der Waals surface area contributed by atoms with E-state index >= 15 is 0 Å². The topological polar surface area (TPSA) is 47.3 Å². The molecule has 4 heteroatoms. The van der Waals surface area contributed by atoms with Gasteiger partial charge >= 0.3 is 0 Å². The molecule has 0 amide bonds. The maximum Gasteiger partial charge on any atom is 0.213 e. The van der Waals surface area contributed by atoms with Crippen LogP contribution in [0.3, 0.4) is 0 Å². The van der Waals surface area contributed by atoms with Gasteiger partial charge in [0.15, 0.2) is 0 Å². The van der Waals surface area contributed by atoms with Crippen LogP contribution in [0, 0.1) is 0 Å². The largest absolute Gasteiger partial charge is 0.474 e. The normalized spacial score (nSPS) is 16.0. The molecule has 0 atom stereocenters. The van der Waals surface area contributed by atoms with Crippen molar-refractivity contribution in [3.8, 4) is 5.88 Å². The molecule has 0 spiro atoms. The summed E-state index contributed by atoms with van der Waals surface area (Å²) in [5.74, 6) is 1.70. The van der Waals surface area contributed by atoms with Gasteiger partial charge in [-0.1, -0.05) is 6.42 Å². The lowest BCUT2D eigenvalue weighted by molar-refractivity contribution is 0.148. The minimum absolute atomic E-state index is 0.345. The first-order chi connectivity index (χ1) is 10.4. The predicted molar refractivity (Wildman–Crippen MR) is 81.0 cm³/mol. The standard InChI is InChI=1S/C17H22N2O2/c1-2-5-15(6-3-1)21-17-11-14(8-9-19-17)12-18-13-16-7-4-10-20-16/h4,7-11,15,18H,1-3,5-6,12-13H2. The highest BCUT2D eigenvalue weighted by Crippen LogP contribution is 2.22. The van der Waals surface area contributed by atoms with E-state index in [-0.39, 0.29) is 0 Å². The van der Waals surface area contributed by atoms with Gasteiger partial charge < -0.3 is 14.5 Å². The lowest BCUT2D eigenvalue weighted by Crippen LogP contribution is -2.20. The number of hydrogen-bond donors (Lipinski definition) is 1. The highest BCUT2D eigenvalue weighted by molar-refractivity contribution is 5.20. The maximum atomic E-state index is 5.99. The molecule has 2 heterocycles. The van der Waals surface area contributed by atoms with Crippen LogP contribution in [0.5, 0.6) is 5.88 Å². The molecule has 112 valence electrons. The molecule has 0 radical (unpaired) electrons. The number of hydrogen-bond acceptors (Lipinski definition) is 4. The van der Waals surface area contributed by atoms with Gasteiger partial charge in [0.2, 0.25) is 5.88 Å². The molecule has 3 rings (SSSR count). The third-order valence-electron chi connectivity index (χ3n) is 3.85.